The highest BCUT2D eigenvalue weighted by Crippen LogP contribution is 2.36. The maximum Gasteiger partial charge on any atom is 0.320 e. The van der Waals surface area contributed by atoms with Crippen LogP contribution in [0.1, 0.15) is 45.6 Å². The molecule has 0 saturated heterocycles. The smallest absolute Gasteiger partial charge is 0.320 e. The molecule has 1 aliphatic rings. The van der Waals surface area contributed by atoms with E-state index in [-0.39, 0.29) is 12.0 Å². The summed E-state index contributed by atoms with van der Waals surface area (Å²) in [6.07, 6.45) is 0.727. The molecule has 166 valence electrons. The van der Waals surface area contributed by atoms with Gasteiger partial charge in [-0.15, -0.1) is 0 Å². The number of hydrogen-bond acceptors (Lipinski definition) is 5. The van der Waals surface area contributed by atoms with Crippen molar-refractivity contribution in [3.05, 3.63) is 42.0 Å². The van der Waals surface area contributed by atoms with Crippen molar-refractivity contribution in [2.45, 2.75) is 58.3 Å². The zero-order valence-corrected chi connectivity index (χ0v) is 19.4. The van der Waals surface area contributed by atoms with E-state index in [4.69, 9.17) is 19.4 Å². The van der Waals surface area contributed by atoms with E-state index in [0.717, 1.165) is 6.42 Å². The van der Waals surface area contributed by atoms with Crippen molar-refractivity contribution in [1.82, 2.24) is 0 Å². The Kier molecular flexibility index (Phi) is 8.37. The third-order valence-electron chi connectivity index (χ3n) is 5.50. The second-order valence-corrected chi connectivity index (χ2v) is 10.2. The van der Waals surface area contributed by atoms with Crippen LogP contribution in [0, 0.1) is 11.3 Å². The fourth-order valence-corrected chi connectivity index (χ4v) is 5.31. The zero-order chi connectivity index (χ0) is 22.5. The Morgan fingerprint density at radius 1 is 1.17 bits per heavy atom. The van der Waals surface area contributed by atoms with Gasteiger partial charge < -0.3 is 24.5 Å². The van der Waals surface area contributed by atoms with Crippen LogP contribution in [0.5, 0.6) is 0 Å². The lowest BCUT2D eigenvalue weighted by Gasteiger charge is -2.32. The second kappa shape index (κ2) is 10.3. The van der Waals surface area contributed by atoms with E-state index in [1.807, 2.05) is 12.1 Å². The summed E-state index contributed by atoms with van der Waals surface area (Å²) in [7, 11) is -1.13. The van der Waals surface area contributed by atoms with Crippen LogP contribution < -0.4 is 5.19 Å². The Labute approximate surface area is 179 Å². The number of aliphatic carboxylic acids is 2. The van der Waals surface area contributed by atoms with Gasteiger partial charge in [-0.05, 0) is 28.5 Å². The maximum atomic E-state index is 11.3. The predicted molar refractivity (Wildman–Crippen MR) is 116 cm³/mol. The molecule has 1 aliphatic heterocycles. The van der Waals surface area contributed by atoms with Gasteiger partial charge in [0.1, 0.15) is 18.3 Å². The monoisotopic (exact) mass is 436 g/mol. The molecule has 0 radical (unpaired) electrons. The van der Waals surface area contributed by atoms with Crippen molar-refractivity contribution in [2.24, 2.45) is 11.3 Å². The van der Waals surface area contributed by atoms with E-state index in [0.29, 0.717) is 5.92 Å². The molecule has 7 nitrogen and oxygen atoms in total. The van der Waals surface area contributed by atoms with Crippen LogP contribution >= 0.6 is 0 Å². The lowest BCUT2D eigenvalue weighted by atomic mass is 9.75. The molecule has 4 atom stereocenters. The summed E-state index contributed by atoms with van der Waals surface area (Å²) < 4.78 is 11.5. The van der Waals surface area contributed by atoms with E-state index in [9.17, 15) is 14.7 Å². The Hall–Kier alpha value is -2.00. The first kappa shape index (κ1) is 24.3. The Morgan fingerprint density at radius 2 is 1.80 bits per heavy atom. The van der Waals surface area contributed by atoms with Crippen molar-refractivity contribution in [2.75, 3.05) is 6.61 Å². The van der Waals surface area contributed by atoms with Gasteiger partial charge in [0.15, 0.2) is 15.7 Å². The first-order valence-electron chi connectivity index (χ1n) is 10.2. The van der Waals surface area contributed by atoms with Gasteiger partial charge in [-0.25, -0.2) is 0 Å². The summed E-state index contributed by atoms with van der Waals surface area (Å²) in [5.74, 6) is -4.31. The van der Waals surface area contributed by atoms with Gasteiger partial charge in [-0.1, -0.05) is 64.1 Å². The van der Waals surface area contributed by atoms with E-state index >= 15 is 0 Å². The minimum Gasteiger partial charge on any atom is -0.481 e. The third-order valence-corrected chi connectivity index (χ3v) is 6.89. The fourth-order valence-electron chi connectivity index (χ4n) is 3.98. The molecule has 1 aromatic carbocycles. The highest BCUT2D eigenvalue weighted by atomic mass is 28.2. The molecule has 0 aromatic heterocycles. The Bertz CT molecular complexity index is 757. The van der Waals surface area contributed by atoms with Crippen LogP contribution in [0.3, 0.4) is 0 Å². The fraction of sp³-hybridized carbons (Fsp3) is 0.545. The van der Waals surface area contributed by atoms with Crippen LogP contribution in [0.2, 0.25) is 0 Å². The number of carbonyl (C=O) groups is 2. The van der Waals surface area contributed by atoms with Gasteiger partial charge in [0, 0.05) is 0 Å². The molecule has 0 bridgehead atoms. The van der Waals surface area contributed by atoms with E-state index < -0.39 is 45.9 Å². The molecule has 3 N–H and O–H groups in total. The predicted octanol–water partition coefficient (Wildman–Crippen LogP) is 1.42. The van der Waals surface area contributed by atoms with Gasteiger partial charge >= 0.3 is 11.9 Å². The molecule has 0 aliphatic carbocycles. The standard InChI is InChI=1S/C22H32O7Si/c1-5-14(22(2,3)4)13-8-6-7-9-18(13)30-28-12-17-15(23)10-11-16(29-17)19(20(24)25)21(26)27/h6-11,14-17,19,23H,5,12,30H2,1-4H3,(H,24,25)(H,26,27)/t14?,15-,16-,17-/m1/s1. The minimum absolute atomic E-state index is 0.0703. The van der Waals surface area contributed by atoms with Crippen LogP contribution in [0.25, 0.3) is 0 Å². The summed E-state index contributed by atoms with van der Waals surface area (Å²) in [6.45, 7) is 8.91. The number of hydrogen-bond donors (Lipinski definition) is 3. The molecule has 30 heavy (non-hydrogen) atoms. The number of aliphatic hydroxyl groups excluding tert-OH is 1. The number of carboxylic acids is 2. The average molecular weight is 437 g/mol. The van der Waals surface area contributed by atoms with Crippen molar-refractivity contribution in [1.29, 1.82) is 0 Å². The Balaban J connectivity index is 2.06. The molecular weight excluding hydrogens is 404 g/mol. The molecule has 0 amide bonds. The molecule has 0 saturated carbocycles. The van der Waals surface area contributed by atoms with Crippen LogP contribution in [0.4, 0.5) is 0 Å². The summed E-state index contributed by atoms with van der Waals surface area (Å²) in [4.78, 5) is 22.5. The van der Waals surface area contributed by atoms with Crippen molar-refractivity contribution >= 4 is 26.9 Å². The quantitative estimate of drug-likeness (QED) is 0.305. The first-order valence-corrected chi connectivity index (χ1v) is 11.5. The van der Waals surface area contributed by atoms with E-state index in [2.05, 4.69) is 39.8 Å². The molecule has 0 spiro atoms. The zero-order valence-electron chi connectivity index (χ0n) is 17.9. The maximum absolute atomic E-state index is 11.3. The van der Waals surface area contributed by atoms with Crippen molar-refractivity contribution < 1.29 is 34.1 Å². The number of benzene rings is 1. The van der Waals surface area contributed by atoms with E-state index in [1.165, 1.54) is 22.9 Å². The molecule has 8 heteroatoms. The van der Waals surface area contributed by atoms with Gasteiger partial charge in [0.05, 0.1) is 6.61 Å². The van der Waals surface area contributed by atoms with Gasteiger partial charge in [0.25, 0.3) is 0 Å². The highest BCUT2D eigenvalue weighted by molar-refractivity contribution is 6.47. The number of aliphatic hydroxyl groups is 1. The molecule has 1 aromatic rings. The SMILES string of the molecule is CCC(c1ccccc1[SiH2]OC[C@H]1O[C@@H](C(C(=O)O)C(=O)O)C=C[C@H]1O)C(C)(C)C. The van der Waals surface area contributed by atoms with Crippen LogP contribution in [-0.4, -0.2) is 61.9 Å². The summed E-state index contributed by atoms with van der Waals surface area (Å²) >= 11 is 0. The minimum atomic E-state index is -1.73. The number of carboxylic acid groups (broad SMARTS) is 2. The summed E-state index contributed by atoms with van der Waals surface area (Å²) in [5.41, 5.74) is 1.39. The largest absolute Gasteiger partial charge is 0.481 e. The third kappa shape index (κ3) is 6.01. The summed E-state index contributed by atoms with van der Waals surface area (Å²) in [6, 6.07) is 8.23. The lowest BCUT2D eigenvalue weighted by molar-refractivity contribution is -0.166. The van der Waals surface area contributed by atoms with Crippen molar-refractivity contribution in [3.63, 3.8) is 0 Å². The normalized spacial score (nSPS) is 23.2. The number of ether oxygens (including phenoxy) is 1. The summed E-state index contributed by atoms with van der Waals surface area (Å²) in [5, 5.41) is 29.7. The average Bonchev–Trinajstić information content (AvgIpc) is 2.64. The van der Waals surface area contributed by atoms with Gasteiger partial charge in [0.2, 0.25) is 0 Å². The topological polar surface area (TPSA) is 113 Å². The van der Waals surface area contributed by atoms with E-state index in [1.54, 1.807) is 0 Å². The number of rotatable bonds is 9. The second-order valence-electron chi connectivity index (χ2n) is 8.71. The molecule has 1 heterocycles. The molecule has 2 rings (SSSR count). The molecule has 1 unspecified atom stereocenters. The lowest BCUT2D eigenvalue weighted by Crippen LogP contribution is -2.45. The Morgan fingerprint density at radius 3 is 2.37 bits per heavy atom. The van der Waals surface area contributed by atoms with Gasteiger partial charge in [-0.2, -0.15) is 0 Å². The van der Waals surface area contributed by atoms with Crippen LogP contribution in [-0.2, 0) is 18.8 Å². The first-order chi connectivity index (χ1) is 14.1. The van der Waals surface area contributed by atoms with Crippen LogP contribution in [0.15, 0.2) is 36.4 Å². The highest BCUT2D eigenvalue weighted by Gasteiger charge is 2.39. The molecular formula is C22H32O7Si. The van der Waals surface area contributed by atoms with Gasteiger partial charge in [-0.3, -0.25) is 9.59 Å². The van der Waals surface area contributed by atoms with Crippen molar-refractivity contribution in [3.8, 4) is 0 Å². The molecule has 0 fully saturated rings.